The molecule has 0 bridgehead atoms. The molecular weight excluding hydrogens is 232 g/mol. The fraction of sp³-hybridized carbons (Fsp3) is 0.571. The molecule has 2 unspecified atom stereocenters. The Morgan fingerprint density at radius 1 is 1.35 bits per heavy atom. The van der Waals surface area contributed by atoms with Crippen LogP contribution in [0, 0.1) is 0 Å². The number of piperazine rings is 1. The largest absolute Gasteiger partial charge is 0.366 e. The molecule has 2 nitrogen and oxygen atoms in total. The number of anilines is 1. The van der Waals surface area contributed by atoms with E-state index in [1.165, 1.54) is 18.5 Å². The highest BCUT2D eigenvalue weighted by molar-refractivity contribution is 6.30. The second kappa shape index (κ2) is 5.74. The van der Waals surface area contributed by atoms with Crippen molar-refractivity contribution >= 4 is 17.3 Å². The molecule has 1 heterocycles. The van der Waals surface area contributed by atoms with Crippen molar-refractivity contribution in [2.75, 3.05) is 18.0 Å². The molecule has 1 aromatic carbocycles. The Kier molecular flexibility index (Phi) is 4.30. The average molecular weight is 253 g/mol. The molecule has 1 saturated heterocycles. The quantitative estimate of drug-likeness (QED) is 0.888. The fourth-order valence-corrected chi connectivity index (χ4v) is 2.59. The molecule has 0 aliphatic carbocycles. The average Bonchev–Trinajstić information content (AvgIpc) is 2.33. The molecule has 1 fully saturated rings. The maximum Gasteiger partial charge on any atom is 0.0407 e. The van der Waals surface area contributed by atoms with Gasteiger partial charge >= 0.3 is 0 Å². The summed E-state index contributed by atoms with van der Waals surface area (Å²) in [6.45, 7) is 6.67. The highest BCUT2D eigenvalue weighted by atomic mass is 35.5. The van der Waals surface area contributed by atoms with E-state index in [0.29, 0.717) is 12.1 Å². The van der Waals surface area contributed by atoms with Gasteiger partial charge in [-0.2, -0.15) is 0 Å². The maximum absolute atomic E-state index is 5.93. The minimum atomic E-state index is 0.546. The smallest absolute Gasteiger partial charge is 0.0407 e. The maximum atomic E-state index is 5.93. The topological polar surface area (TPSA) is 15.3 Å². The van der Waals surface area contributed by atoms with Crippen LogP contribution in [0.25, 0.3) is 0 Å². The lowest BCUT2D eigenvalue weighted by Crippen LogP contribution is -2.55. The molecular formula is C14H21ClN2. The normalized spacial score (nSPS) is 25.0. The van der Waals surface area contributed by atoms with E-state index in [2.05, 4.69) is 36.2 Å². The number of rotatable bonds is 3. The standard InChI is InChI=1S/C14H21ClN2/c1-3-4-13-10-17(11(2)9-16-13)14-7-5-12(15)6-8-14/h5-8,11,13,16H,3-4,9-10H2,1-2H3. The van der Waals surface area contributed by atoms with Crippen LogP contribution in [-0.2, 0) is 0 Å². The number of nitrogens with one attached hydrogen (secondary N) is 1. The predicted octanol–water partition coefficient (Wildman–Crippen LogP) is 3.31. The van der Waals surface area contributed by atoms with Gasteiger partial charge in [0, 0.05) is 35.9 Å². The summed E-state index contributed by atoms with van der Waals surface area (Å²) in [7, 11) is 0. The summed E-state index contributed by atoms with van der Waals surface area (Å²) in [5.41, 5.74) is 1.28. The van der Waals surface area contributed by atoms with E-state index in [0.717, 1.165) is 18.1 Å². The van der Waals surface area contributed by atoms with Crippen molar-refractivity contribution in [2.45, 2.75) is 38.8 Å². The Bertz CT molecular complexity index is 350. The first kappa shape index (κ1) is 12.7. The lowest BCUT2D eigenvalue weighted by Gasteiger charge is -2.40. The second-order valence-corrected chi connectivity index (χ2v) is 5.31. The van der Waals surface area contributed by atoms with Gasteiger partial charge in [-0.05, 0) is 37.6 Å². The minimum Gasteiger partial charge on any atom is -0.366 e. The third-order valence-electron chi connectivity index (χ3n) is 3.45. The first-order chi connectivity index (χ1) is 8.20. The summed E-state index contributed by atoms with van der Waals surface area (Å²) in [6.07, 6.45) is 2.48. The number of halogens is 1. The van der Waals surface area contributed by atoms with Gasteiger partial charge in [-0.1, -0.05) is 24.9 Å². The zero-order valence-electron chi connectivity index (χ0n) is 10.6. The van der Waals surface area contributed by atoms with Gasteiger partial charge in [-0.3, -0.25) is 0 Å². The van der Waals surface area contributed by atoms with Crippen molar-refractivity contribution < 1.29 is 0 Å². The number of nitrogens with zero attached hydrogens (tertiary/aromatic N) is 1. The molecule has 2 rings (SSSR count). The molecule has 1 aromatic rings. The van der Waals surface area contributed by atoms with E-state index < -0.39 is 0 Å². The molecule has 2 atom stereocenters. The van der Waals surface area contributed by atoms with E-state index in [9.17, 15) is 0 Å². The number of benzene rings is 1. The minimum absolute atomic E-state index is 0.546. The van der Waals surface area contributed by atoms with Gasteiger partial charge in [0.15, 0.2) is 0 Å². The molecule has 0 saturated carbocycles. The van der Waals surface area contributed by atoms with E-state index in [1.807, 2.05) is 12.1 Å². The summed E-state index contributed by atoms with van der Waals surface area (Å²) in [5, 5.41) is 4.42. The van der Waals surface area contributed by atoms with Crippen molar-refractivity contribution in [3.63, 3.8) is 0 Å². The monoisotopic (exact) mass is 252 g/mol. The summed E-state index contributed by atoms with van der Waals surface area (Å²) in [5.74, 6) is 0. The number of hydrogen-bond donors (Lipinski definition) is 1. The summed E-state index contributed by atoms with van der Waals surface area (Å²) in [6, 6.07) is 9.34. The van der Waals surface area contributed by atoms with Crippen LogP contribution in [0.5, 0.6) is 0 Å². The summed E-state index contributed by atoms with van der Waals surface area (Å²) in [4.78, 5) is 2.48. The highest BCUT2D eigenvalue weighted by Crippen LogP contribution is 2.22. The van der Waals surface area contributed by atoms with Crippen LogP contribution in [0.2, 0.25) is 5.02 Å². The van der Waals surface area contributed by atoms with E-state index >= 15 is 0 Å². The molecule has 3 heteroatoms. The Labute approximate surface area is 109 Å². The molecule has 1 N–H and O–H groups in total. The van der Waals surface area contributed by atoms with Crippen LogP contribution >= 0.6 is 11.6 Å². The molecule has 1 aliphatic heterocycles. The van der Waals surface area contributed by atoms with Gasteiger partial charge < -0.3 is 10.2 Å². The van der Waals surface area contributed by atoms with Crippen LogP contribution in [0.15, 0.2) is 24.3 Å². The fourth-order valence-electron chi connectivity index (χ4n) is 2.46. The lowest BCUT2D eigenvalue weighted by molar-refractivity contribution is 0.386. The third-order valence-corrected chi connectivity index (χ3v) is 3.70. The van der Waals surface area contributed by atoms with E-state index in [-0.39, 0.29) is 0 Å². The van der Waals surface area contributed by atoms with Gasteiger partial charge in [-0.15, -0.1) is 0 Å². The van der Waals surface area contributed by atoms with Crippen LogP contribution in [0.3, 0.4) is 0 Å². The third kappa shape index (κ3) is 3.14. The van der Waals surface area contributed by atoms with Crippen molar-refractivity contribution in [3.8, 4) is 0 Å². The van der Waals surface area contributed by atoms with Crippen molar-refractivity contribution in [3.05, 3.63) is 29.3 Å². The van der Waals surface area contributed by atoms with Crippen LogP contribution < -0.4 is 10.2 Å². The Balaban J connectivity index is 2.09. The second-order valence-electron chi connectivity index (χ2n) is 4.87. The molecule has 17 heavy (non-hydrogen) atoms. The zero-order chi connectivity index (χ0) is 12.3. The summed E-state index contributed by atoms with van der Waals surface area (Å²) < 4.78 is 0. The zero-order valence-corrected chi connectivity index (χ0v) is 11.4. The number of hydrogen-bond acceptors (Lipinski definition) is 2. The molecule has 0 radical (unpaired) electrons. The summed E-state index contributed by atoms with van der Waals surface area (Å²) >= 11 is 5.93. The van der Waals surface area contributed by atoms with E-state index in [4.69, 9.17) is 11.6 Å². The highest BCUT2D eigenvalue weighted by Gasteiger charge is 2.24. The van der Waals surface area contributed by atoms with Gasteiger partial charge in [0.25, 0.3) is 0 Å². The first-order valence-electron chi connectivity index (χ1n) is 6.46. The van der Waals surface area contributed by atoms with Crippen LogP contribution in [-0.4, -0.2) is 25.2 Å². The molecule has 0 aromatic heterocycles. The van der Waals surface area contributed by atoms with Gasteiger partial charge in [0.2, 0.25) is 0 Å². The predicted molar refractivity (Wildman–Crippen MR) is 75.0 cm³/mol. The SMILES string of the molecule is CCCC1CN(c2ccc(Cl)cc2)C(C)CN1. The Morgan fingerprint density at radius 3 is 2.71 bits per heavy atom. The molecule has 1 aliphatic rings. The van der Waals surface area contributed by atoms with Gasteiger partial charge in [0.1, 0.15) is 0 Å². The van der Waals surface area contributed by atoms with Gasteiger partial charge in [-0.25, -0.2) is 0 Å². The Hall–Kier alpha value is -0.730. The van der Waals surface area contributed by atoms with Crippen molar-refractivity contribution in [1.82, 2.24) is 5.32 Å². The van der Waals surface area contributed by atoms with E-state index in [1.54, 1.807) is 0 Å². The van der Waals surface area contributed by atoms with Crippen molar-refractivity contribution in [2.24, 2.45) is 0 Å². The van der Waals surface area contributed by atoms with Gasteiger partial charge in [0.05, 0.1) is 0 Å². The van der Waals surface area contributed by atoms with Crippen LogP contribution in [0.1, 0.15) is 26.7 Å². The Morgan fingerprint density at radius 2 is 2.06 bits per heavy atom. The van der Waals surface area contributed by atoms with Crippen molar-refractivity contribution in [1.29, 1.82) is 0 Å². The first-order valence-corrected chi connectivity index (χ1v) is 6.84. The molecule has 0 spiro atoms. The van der Waals surface area contributed by atoms with Crippen LogP contribution in [0.4, 0.5) is 5.69 Å². The molecule has 0 amide bonds. The lowest BCUT2D eigenvalue weighted by atomic mass is 10.1. The molecule has 94 valence electrons.